The van der Waals surface area contributed by atoms with E-state index in [4.69, 9.17) is 5.26 Å². The minimum atomic E-state index is -0.347. The number of nitriles is 1. The lowest BCUT2D eigenvalue weighted by Crippen LogP contribution is -2.09. The third-order valence-electron chi connectivity index (χ3n) is 2.43. The van der Waals surface area contributed by atoms with E-state index in [9.17, 15) is 10.1 Å². The van der Waals surface area contributed by atoms with Crippen LogP contribution in [0.25, 0.3) is 10.9 Å². The van der Waals surface area contributed by atoms with Crippen molar-refractivity contribution in [1.82, 2.24) is 4.57 Å². The van der Waals surface area contributed by atoms with Crippen LogP contribution in [0, 0.1) is 21.4 Å². The van der Waals surface area contributed by atoms with Gasteiger partial charge in [0.15, 0.2) is 0 Å². The van der Waals surface area contributed by atoms with E-state index in [1.54, 1.807) is 22.9 Å². The van der Waals surface area contributed by atoms with Gasteiger partial charge in [0, 0.05) is 16.6 Å². The molecule has 5 nitrogen and oxygen atoms in total. The van der Waals surface area contributed by atoms with Crippen LogP contribution in [-0.4, -0.2) is 16.0 Å². The third kappa shape index (κ3) is 1.86. The summed E-state index contributed by atoms with van der Waals surface area (Å²) in [7, 11) is 0. The second kappa shape index (κ2) is 4.03. The first kappa shape index (κ1) is 10.2. The molecule has 0 amide bonds. The lowest BCUT2D eigenvalue weighted by molar-refractivity contribution is -0.481. The maximum atomic E-state index is 10.3. The second-order valence-electron chi connectivity index (χ2n) is 3.45. The highest BCUT2D eigenvalue weighted by Gasteiger charge is 2.04. The van der Waals surface area contributed by atoms with Crippen molar-refractivity contribution in [3.8, 4) is 6.07 Å². The van der Waals surface area contributed by atoms with Crippen molar-refractivity contribution in [2.45, 2.75) is 6.54 Å². The van der Waals surface area contributed by atoms with Gasteiger partial charge in [0.25, 0.3) is 0 Å². The van der Waals surface area contributed by atoms with Crippen LogP contribution in [0.5, 0.6) is 0 Å². The first-order valence-electron chi connectivity index (χ1n) is 4.81. The van der Waals surface area contributed by atoms with Crippen LogP contribution < -0.4 is 0 Å². The number of nitro groups is 1. The normalized spacial score (nSPS) is 10.2. The van der Waals surface area contributed by atoms with Gasteiger partial charge in [-0.2, -0.15) is 5.26 Å². The van der Waals surface area contributed by atoms with Crippen molar-refractivity contribution in [2.75, 3.05) is 6.54 Å². The number of benzene rings is 1. The van der Waals surface area contributed by atoms with Gasteiger partial charge in [-0.1, -0.05) is 6.07 Å². The highest BCUT2D eigenvalue weighted by atomic mass is 16.6. The van der Waals surface area contributed by atoms with Crippen molar-refractivity contribution in [1.29, 1.82) is 5.26 Å². The molecule has 0 spiro atoms. The number of hydrogen-bond donors (Lipinski definition) is 0. The van der Waals surface area contributed by atoms with Crippen LogP contribution in [0.3, 0.4) is 0 Å². The van der Waals surface area contributed by atoms with E-state index >= 15 is 0 Å². The van der Waals surface area contributed by atoms with E-state index in [1.165, 1.54) is 0 Å². The van der Waals surface area contributed by atoms with E-state index in [2.05, 4.69) is 6.07 Å². The fraction of sp³-hybridized carbons (Fsp3) is 0.182. The van der Waals surface area contributed by atoms with Crippen LogP contribution in [0.1, 0.15) is 5.56 Å². The highest BCUT2D eigenvalue weighted by molar-refractivity contribution is 5.81. The molecule has 0 aliphatic heterocycles. The lowest BCUT2D eigenvalue weighted by Gasteiger charge is -2.01. The molecule has 0 radical (unpaired) electrons. The van der Waals surface area contributed by atoms with Gasteiger partial charge in [0.1, 0.15) is 0 Å². The Bertz CT molecular complexity index is 580. The molecule has 2 aromatic rings. The molecule has 0 unspecified atom stereocenters. The van der Waals surface area contributed by atoms with Crippen LogP contribution >= 0.6 is 0 Å². The maximum absolute atomic E-state index is 10.3. The fourth-order valence-corrected chi connectivity index (χ4v) is 1.64. The minimum Gasteiger partial charge on any atom is -0.341 e. The van der Waals surface area contributed by atoms with Crippen LogP contribution in [0.4, 0.5) is 0 Å². The zero-order valence-electron chi connectivity index (χ0n) is 8.46. The van der Waals surface area contributed by atoms with Gasteiger partial charge >= 0.3 is 0 Å². The fourth-order valence-electron chi connectivity index (χ4n) is 1.64. The number of fused-ring (bicyclic) bond motifs is 1. The summed E-state index contributed by atoms with van der Waals surface area (Å²) in [5, 5.41) is 20.1. The minimum absolute atomic E-state index is 0.111. The van der Waals surface area contributed by atoms with Crippen LogP contribution in [0.15, 0.2) is 30.5 Å². The van der Waals surface area contributed by atoms with Gasteiger partial charge in [-0.3, -0.25) is 10.1 Å². The molecule has 1 heterocycles. The summed E-state index contributed by atoms with van der Waals surface area (Å²) < 4.78 is 1.79. The van der Waals surface area contributed by atoms with Crippen LogP contribution in [0.2, 0.25) is 0 Å². The van der Waals surface area contributed by atoms with Crippen molar-refractivity contribution >= 4 is 10.9 Å². The molecule has 0 aliphatic rings. The lowest BCUT2D eigenvalue weighted by atomic mass is 10.2. The molecular formula is C11H9N3O2. The standard InChI is InChI=1S/C11H9N3O2/c12-8-9-1-2-10-3-4-13(11(10)7-9)5-6-14(15)16/h1-4,7H,5-6H2. The van der Waals surface area contributed by atoms with E-state index in [1.807, 2.05) is 12.1 Å². The summed E-state index contributed by atoms with van der Waals surface area (Å²) in [5.74, 6) is 0. The summed E-state index contributed by atoms with van der Waals surface area (Å²) in [6.07, 6.45) is 1.80. The average Bonchev–Trinajstić information content (AvgIpc) is 2.68. The molecule has 0 fully saturated rings. The van der Waals surface area contributed by atoms with Crippen molar-refractivity contribution in [3.05, 3.63) is 46.1 Å². The van der Waals surface area contributed by atoms with Gasteiger partial charge < -0.3 is 4.57 Å². The Morgan fingerprint density at radius 3 is 2.94 bits per heavy atom. The smallest absolute Gasteiger partial charge is 0.221 e. The summed E-state index contributed by atoms with van der Waals surface area (Å²) in [4.78, 5) is 9.95. The summed E-state index contributed by atoms with van der Waals surface area (Å²) in [5.41, 5.74) is 1.43. The molecule has 2 rings (SSSR count). The number of hydrogen-bond acceptors (Lipinski definition) is 3. The Morgan fingerprint density at radius 2 is 2.25 bits per heavy atom. The number of aromatic nitrogens is 1. The number of rotatable bonds is 3. The average molecular weight is 215 g/mol. The van der Waals surface area contributed by atoms with Crippen molar-refractivity contribution in [3.63, 3.8) is 0 Å². The summed E-state index contributed by atoms with van der Waals surface area (Å²) in [6, 6.07) is 9.26. The van der Waals surface area contributed by atoms with Gasteiger partial charge in [0.05, 0.1) is 18.2 Å². The molecule has 0 N–H and O–H groups in total. The molecule has 0 aliphatic carbocycles. The van der Waals surface area contributed by atoms with E-state index in [0.29, 0.717) is 12.1 Å². The van der Waals surface area contributed by atoms with Crippen LogP contribution in [-0.2, 0) is 6.54 Å². The monoisotopic (exact) mass is 215 g/mol. The molecule has 16 heavy (non-hydrogen) atoms. The Kier molecular flexibility index (Phi) is 2.56. The van der Waals surface area contributed by atoms with Gasteiger partial charge in [0.2, 0.25) is 6.54 Å². The molecule has 1 aromatic carbocycles. The predicted octanol–water partition coefficient (Wildman–Crippen LogP) is 1.79. The van der Waals surface area contributed by atoms with Gasteiger partial charge in [-0.05, 0) is 23.6 Å². The Balaban J connectivity index is 2.39. The molecule has 1 aromatic heterocycles. The number of nitrogens with zero attached hydrogens (tertiary/aromatic N) is 3. The maximum Gasteiger partial charge on any atom is 0.221 e. The molecule has 0 bridgehead atoms. The second-order valence-corrected chi connectivity index (χ2v) is 3.45. The van der Waals surface area contributed by atoms with E-state index in [0.717, 1.165) is 10.9 Å². The molecule has 5 heteroatoms. The highest BCUT2D eigenvalue weighted by Crippen LogP contribution is 2.17. The zero-order chi connectivity index (χ0) is 11.5. The molecule has 0 atom stereocenters. The van der Waals surface area contributed by atoms with Gasteiger partial charge in [-0.25, -0.2) is 0 Å². The van der Waals surface area contributed by atoms with E-state index in [-0.39, 0.29) is 11.5 Å². The summed E-state index contributed by atoms with van der Waals surface area (Å²) >= 11 is 0. The predicted molar refractivity (Wildman–Crippen MR) is 58.5 cm³/mol. The van der Waals surface area contributed by atoms with Crippen molar-refractivity contribution in [2.24, 2.45) is 0 Å². The zero-order valence-corrected chi connectivity index (χ0v) is 8.46. The van der Waals surface area contributed by atoms with E-state index < -0.39 is 0 Å². The third-order valence-corrected chi connectivity index (χ3v) is 2.43. The Labute approximate surface area is 91.7 Å². The SMILES string of the molecule is N#Cc1ccc2ccn(CC[N+](=O)[O-])c2c1. The first-order valence-corrected chi connectivity index (χ1v) is 4.81. The topological polar surface area (TPSA) is 71.9 Å². The Hall–Kier alpha value is -2.35. The molecule has 0 saturated carbocycles. The summed E-state index contributed by atoms with van der Waals surface area (Å²) in [6.45, 7) is 0.214. The molecular weight excluding hydrogens is 206 g/mol. The molecule has 0 saturated heterocycles. The Morgan fingerprint density at radius 1 is 1.44 bits per heavy atom. The quantitative estimate of drug-likeness (QED) is 0.578. The largest absolute Gasteiger partial charge is 0.341 e. The first-order chi connectivity index (χ1) is 7.70. The molecule has 80 valence electrons. The van der Waals surface area contributed by atoms with Crippen molar-refractivity contribution < 1.29 is 4.92 Å². The van der Waals surface area contributed by atoms with Gasteiger partial charge in [-0.15, -0.1) is 0 Å².